The fourth-order valence-corrected chi connectivity index (χ4v) is 4.44. The molecule has 1 saturated heterocycles. The first-order valence-corrected chi connectivity index (χ1v) is 10.0. The van der Waals surface area contributed by atoms with E-state index in [9.17, 15) is 4.79 Å². The van der Waals surface area contributed by atoms with Crippen LogP contribution in [0.25, 0.3) is 10.2 Å². The molecule has 6 nitrogen and oxygen atoms in total. The fraction of sp³-hybridized carbons (Fsp3) is 0.400. The third kappa shape index (κ3) is 3.51. The van der Waals surface area contributed by atoms with Gasteiger partial charge in [0.05, 0.1) is 22.4 Å². The largest absolute Gasteiger partial charge is 0.494 e. The molecule has 0 saturated carbocycles. The van der Waals surface area contributed by atoms with Gasteiger partial charge < -0.3 is 19.0 Å². The SMILES string of the molecule is CCOc1ccc2nc(N3CCN(C(=O)c4cc(C)oc4C)CC3)sc2c1. The van der Waals surface area contributed by atoms with Gasteiger partial charge in [0.1, 0.15) is 17.3 Å². The number of fused-ring (bicyclic) bond motifs is 1. The van der Waals surface area contributed by atoms with Crippen LogP contribution >= 0.6 is 11.3 Å². The lowest BCUT2D eigenvalue weighted by Gasteiger charge is -2.34. The highest BCUT2D eigenvalue weighted by molar-refractivity contribution is 7.22. The summed E-state index contributed by atoms with van der Waals surface area (Å²) in [7, 11) is 0. The first-order valence-electron chi connectivity index (χ1n) is 9.20. The van der Waals surface area contributed by atoms with Gasteiger partial charge in [-0.1, -0.05) is 11.3 Å². The summed E-state index contributed by atoms with van der Waals surface area (Å²) in [4.78, 5) is 21.6. The Morgan fingerprint density at radius 3 is 2.67 bits per heavy atom. The van der Waals surface area contributed by atoms with Crippen LogP contribution in [-0.4, -0.2) is 48.6 Å². The maximum atomic E-state index is 12.7. The second-order valence-electron chi connectivity index (χ2n) is 6.67. The highest BCUT2D eigenvalue weighted by atomic mass is 32.1. The summed E-state index contributed by atoms with van der Waals surface area (Å²) >= 11 is 1.67. The minimum absolute atomic E-state index is 0.0506. The quantitative estimate of drug-likeness (QED) is 0.682. The van der Waals surface area contributed by atoms with E-state index in [2.05, 4.69) is 4.90 Å². The van der Waals surface area contributed by atoms with E-state index >= 15 is 0 Å². The number of piperazine rings is 1. The van der Waals surface area contributed by atoms with Gasteiger partial charge in [0, 0.05) is 26.2 Å². The summed E-state index contributed by atoms with van der Waals surface area (Å²) < 4.78 is 12.2. The van der Waals surface area contributed by atoms with Crippen LogP contribution in [0.15, 0.2) is 28.7 Å². The molecule has 2 aromatic heterocycles. The minimum Gasteiger partial charge on any atom is -0.494 e. The molecule has 0 radical (unpaired) electrons. The summed E-state index contributed by atoms with van der Waals surface area (Å²) in [5.41, 5.74) is 1.66. The molecule has 0 unspecified atom stereocenters. The Morgan fingerprint density at radius 1 is 1.22 bits per heavy atom. The van der Waals surface area contributed by atoms with Gasteiger partial charge in [-0.25, -0.2) is 4.98 Å². The van der Waals surface area contributed by atoms with E-state index in [1.54, 1.807) is 11.3 Å². The molecule has 4 rings (SSSR count). The maximum absolute atomic E-state index is 12.7. The van der Waals surface area contributed by atoms with Crippen molar-refractivity contribution in [3.8, 4) is 5.75 Å². The number of aryl methyl sites for hydroxylation is 2. The van der Waals surface area contributed by atoms with E-state index in [0.29, 0.717) is 31.0 Å². The lowest BCUT2D eigenvalue weighted by molar-refractivity contribution is 0.0745. The van der Waals surface area contributed by atoms with E-state index in [-0.39, 0.29) is 5.91 Å². The highest BCUT2D eigenvalue weighted by Gasteiger charge is 2.26. The van der Waals surface area contributed by atoms with Crippen LogP contribution in [0.5, 0.6) is 5.75 Å². The molecule has 1 aromatic carbocycles. The van der Waals surface area contributed by atoms with Gasteiger partial charge in [-0.3, -0.25) is 4.79 Å². The standard InChI is InChI=1S/C20H23N3O3S/c1-4-25-15-5-6-17-18(12-15)27-20(21-17)23-9-7-22(8-10-23)19(24)16-11-13(2)26-14(16)3/h5-6,11-12H,4,7-10H2,1-3H3. The first kappa shape index (κ1) is 17.9. The number of nitrogens with zero attached hydrogens (tertiary/aromatic N) is 3. The van der Waals surface area contributed by atoms with Gasteiger partial charge in [0.2, 0.25) is 0 Å². The third-order valence-electron chi connectivity index (χ3n) is 4.77. The van der Waals surface area contributed by atoms with Crippen LogP contribution < -0.4 is 9.64 Å². The second-order valence-corrected chi connectivity index (χ2v) is 7.67. The number of benzene rings is 1. The molecule has 1 aliphatic rings. The summed E-state index contributed by atoms with van der Waals surface area (Å²) in [5.74, 6) is 2.39. The van der Waals surface area contributed by atoms with Crippen LogP contribution in [0.1, 0.15) is 28.8 Å². The topological polar surface area (TPSA) is 58.8 Å². The Morgan fingerprint density at radius 2 is 2.00 bits per heavy atom. The Hall–Kier alpha value is -2.54. The molecular weight excluding hydrogens is 362 g/mol. The van der Waals surface area contributed by atoms with Crippen molar-refractivity contribution in [2.24, 2.45) is 0 Å². The molecule has 0 N–H and O–H groups in total. The number of carbonyl (C=O) groups excluding carboxylic acids is 1. The molecule has 0 spiro atoms. The number of hydrogen-bond donors (Lipinski definition) is 0. The molecule has 7 heteroatoms. The lowest BCUT2D eigenvalue weighted by atomic mass is 10.2. The molecule has 1 aliphatic heterocycles. The smallest absolute Gasteiger partial charge is 0.257 e. The second kappa shape index (κ2) is 7.23. The molecule has 3 aromatic rings. The molecule has 0 bridgehead atoms. The van der Waals surface area contributed by atoms with Crippen molar-refractivity contribution in [3.63, 3.8) is 0 Å². The van der Waals surface area contributed by atoms with E-state index in [4.69, 9.17) is 14.1 Å². The number of rotatable bonds is 4. The molecule has 1 amide bonds. The minimum atomic E-state index is 0.0506. The monoisotopic (exact) mass is 385 g/mol. The van der Waals surface area contributed by atoms with Crippen LogP contribution in [0.4, 0.5) is 5.13 Å². The number of amides is 1. The van der Waals surface area contributed by atoms with Crippen molar-refractivity contribution in [3.05, 3.63) is 41.3 Å². The van der Waals surface area contributed by atoms with Crippen LogP contribution in [0.3, 0.4) is 0 Å². The summed E-state index contributed by atoms with van der Waals surface area (Å²) in [6, 6.07) is 7.84. The van der Waals surface area contributed by atoms with Crippen molar-refractivity contribution in [2.45, 2.75) is 20.8 Å². The van der Waals surface area contributed by atoms with Crippen LogP contribution in [-0.2, 0) is 0 Å². The summed E-state index contributed by atoms with van der Waals surface area (Å²) in [6.45, 7) is 9.27. The molecule has 142 valence electrons. The molecule has 0 atom stereocenters. The number of thiazole rings is 1. The van der Waals surface area contributed by atoms with E-state index < -0.39 is 0 Å². The van der Waals surface area contributed by atoms with Crippen molar-refractivity contribution in [2.75, 3.05) is 37.7 Å². The number of furan rings is 1. The predicted octanol–water partition coefficient (Wildman–Crippen LogP) is 3.87. The average molecular weight is 385 g/mol. The fourth-order valence-electron chi connectivity index (χ4n) is 3.40. The van der Waals surface area contributed by atoms with Gasteiger partial charge in [-0.2, -0.15) is 0 Å². The summed E-state index contributed by atoms with van der Waals surface area (Å²) in [6.07, 6.45) is 0. The van der Waals surface area contributed by atoms with E-state index in [1.165, 1.54) is 0 Å². The van der Waals surface area contributed by atoms with Gasteiger partial charge in [0.25, 0.3) is 5.91 Å². The molecule has 0 aliphatic carbocycles. The first-order chi connectivity index (χ1) is 13.0. The molecule has 27 heavy (non-hydrogen) atoms. The number of hydrogen-bond acceptors (Lipinski definition) is 6. The van der Waals surface area contributed by atoms with Crippen molar-refractivity contribution in [1.82, 2.24) is 9.88 Å². The number of aromatic nitrogens is 1. The lowest BCUT2D eigenvalue weighted by Crippen LogP contribution is -2.48. The number of ether oxygens (including phenoxy) is 1. The predicted molar refractivity (Wildman–Crippen MR) is 107 cm³/mol. The normalized spacial score (nSPS) is 14.8. The zero-order valence-electron chi connectivity index (χ0n) is 15.8. The Kier molecular flexibility index (Phi) is 4.78. The van der Waals surface area contributed by atoms with Crippen molar-refractivity contribution < 1.29 is 13.9 Å². The van der Waals surface area contributed by atoms with E-state index in [1.807, 2.05) is 49.9 Å². The average Bonchev–Trinajstić information content (AvgIpc) is 3.23. The van der Waals surface area contributed by atoms with Crippen molar-refractivity contribution >= 4 is 32.6 Å². The van der Waals surface area contributed by atoms with Gasteiger partial charge in [0.15, 0.2) is 5.13 Å². The van der Waals surface area contributed by atoms with Gasteiger partial charge >= 0.3 is 0 Å². The number of anilines is 1. The molecule has 3 heterocycles. The van der Waals surface area contributed by atoms with Crippen LogP contribution in [0.2, 0.25) is 0 Å². The number of carbonyl (C=O) groups is 1. The van der Waals surface area contributed by atoms with Gasteiger partial charge in [-0.15, -0.1) is 0 Å². The maximum Gasteiger partial charge on any atom is 0.257 e. The zero-order valence-corrected chi connectivity index (χ0v) is 16.6. The van der Waals surface area contributed by atoms with Crippen molar-refractivity contribution in [1.29, 1.82) is 0 Å². The third-order valence-corrected chi connectivity index (χ3v) is 5.85. The molecular formula is C20H23N3O3S. The molecule has 1 fully saturated rings. The highest BCUT2D eigenvalue weighted by Crippen LogP contribution is 2.32. The summed E-state index contributed by atoms with van der Waals surface area (Å²) in [5, 5.41) is 1.00. The van der Waals surface area contributed by atoms with Crippen LogP contribution in [0, 0.1) is 13.8 Å². The Labute approximate surface area is 162 Å². The van der Waals surface area contributed by atoms with E-state index in [0.717, 1.165) is 39.9 Å². The Bertz CT molecular complexity index is 970. The zero-order chi connectivity index (χ0) is 19.0. The Balaban J connectivity index is 1.45. The van der Waals surface area contributed by atoms with Gasteiger partial charge in [-0.05, 0) is 45.0 Å².